The molecule has 0 aliphatic heterocycles. The van der Waals surface area contributed by atoms with Crippen molar-refractivity contribution in [3.63, 3.8) is 0 Å². The van der Waals surface area contributed by atoms with E-state index in [1.54, 1.807) is 0 Å². The Morgan fingerprint density at radius 1 is 1.56 bits per heavy atom. The molecule has 0 aromatic carbocycles. The Labute approximate surface area is 101 Å². The first-order chi connectivity index (χ1) is 8.45. The normalized spacial score (nSPS) is 9.61. The van der Waals surface area contributed by atoms with E-state index >= 15 is 0 Å². The summed E-state index contributed by atoms with van der Waals surface area (Å²) in [5.74, 6) is -1.68. The zero-order chi connectivity index (χ0) is 13.7. The molecule has 0 unspecified atom stereocenters. The quantitative estimate of drug-likeness (QED) is 0.417. The molecule has 0 aliphatic carbocycles. The molecule has 0 bridgehead atoms. The smallest absolute Gasteiger partial charge is 0.356 e. The van der Waals surface area contributed by atoms with Crippen LogP contribution in [0.4, 0.5) is 11.5 Å². The highest BCUT2D eigenvalue weighted by Gasteiger charge is 2.19. The van der Waals surface area contributed by atoms with Crippen molar-refractivity contribution in [2.75, 3.05) is 19.0 Å². The number of nitrogens with one attached hydrogen (secondary N) is 1. The van der Waals surface area contributed by atoms with Crippen LogP contribution in [0.15, 0.2) is 12.1 Å². The molecule has 0 atom stereocenters. The van der Waals surface area contributed by atoms with E-state index in [4.69, 9.17) is 5.73 Å². The fourth-order valence-corrected chi connectivity index (χ4v) is 1.12. The standard InChI is InChI=1S/C9H10N4O5/c1-18-9(15)5-2-3-6(13(16)17)8(12-5)11-4-7(10)14/h2-3H,4H2,1H3,(H2,10,14)(H,11,12). The van der Waals surface area contributed by atoms with Crippen molar-refractivity contribution >= 4 is 23.4 Å². The van der Waals surface area contributed by atoms with E-state index in [2.05, 4.69) is 15.0 Å². The highest BCUT2D eigenvalue weighted by atomic mass is 16.6. The van der Waals surface area contributed by atoms with Crippen molar-refractivity contribution in [2.45, 2.75) is 0 Å². The predicted molar refractivity (Wildman–Crippen MR) is 59.9 cm³/mol. The molecule has 0 saturated heterocycles. The van der Waals surface area contributed by atoms with Gasteiger partial charge in [-0.25, -0.2) is 9.78 Å². The largest absolute Gasteiger partial charge is 0.464 e. The van der Waals surface area contributed by atoms with Crippen molar-refractivity contribution < 1.29 is 19.2 Å². The second-order valence-corrected chi connectivity index (χ2v) is 3.13. The number of carbonyl (C=O) groups is 2. The third-order valence-corrected chi connectivity index (χ3v) is 1.90. The van der Waals surface area contributed by atoms with Crippen molar-refractivity contribution in [3.8, 4) is 0 Å². The number of methoxy groups -OCH3 is 1. The fraction of sp³-hybridized carbons (Fsp3) is 0.222. The molecule has 1 aromatic rings. The van der Waals surface area contributed by atoms with E-state index in [0.29, 0.717) is 0 Å². The van der Waals surface area contributed by atoms with Gasteiger partial charge in [0.25, 0.3) is 0 Å². The summed E-state index contributed by atoms with van der Waals surface area (Å²) in [6.07, 6.45) is 0. The SMILES string of the molecule is COC(=O)c1ccc([N+](=O)[O-])c(NCC(N)=O)n1. The number of esters is 1. The van der Waals surface area contributed by atoms with Crippen LogP contribution in [0.25, 0.3) is 0 Å². The van der Waals surface area contributed by atoms with Crippen LogP contribution >= 0.6 is 0 Å². The lowest BCUT2D eigenvalue weighted by Gasteiger charge is -2.05. The number of nitro groups is 1. The summed E-state index contributed by atoms with van der Waals surface area (Å²) in [7, 11) is 1.15. The van der Waals surface area contributed by atoms with E-state index in [0.717, 1.165) is 19.2 Å². The number of anilines is 1. The van der Waals surface area contributed by atoms with Crippen molar-refractivity contribution in [1.82, 2.24) is 4.98 Å². The lowest BCUT2D eigenvalue weighted by molar-refractivity contribution is -0.384. The maximum atomic E-state index is 11.2. The molecule has 0 radical (unpaired) electrons. The average Bonchev–Trinajstić information content (AvgIpc) is 2.34. The molecule has 18 heavy (non-hydrogen) atoms. The summed E-state index contributed by atoms with van der Waals surface area (Å²) in [6.45, 7) is -0.335. The Hall–Kier alpha value is -2.71. The molecule has 0 spiro atoms. The van der Waals surface area contributed by atoms with Gasteiger partial charge in [-0.05, 0) is 6.07 Å². The lowest BCUT2D eigenvalue weighted by atomic mass is 10.3. The van der Waals surface area contributed by atoms with Gasteiger partial charge in [0.2, 0.25) is 11.7 Å². The Balaban J connectivity index is 3.11. The Morgan fingerprint density at radius 3 is 2.72 bits per heavy atom. The molecular weight excluding hydrogens is 244 g/mol. The fourth-order valence-electron chi connectivity index (χ4n) is 1.12. The molecule has 3 N–H and O–H groups in total. The highest BCUT2D eigenvalue weighted by molar-refractivity contribution is 5.88. The van der Waals surface area contributed by atoms with E-state index in [1.165, 1.54) is 0 Å². The third-order valence-electron chi connectivity index (χ3n) is 1.90. The highest BCUT2D eigenvalue weighted by Crippen LogP contribution is 2.22. The molecule has 9 nitrogen and oxygen atoms in total. The molecule has 1 heterocycles. The van der Waals surface area contributed by atoms with E-state index < -0.39 is 16.8 Å². The van der Waals surface area contributed by atoms with E-state index in [-0.39, 0.29) is 23.7 Å². The minimum absolute atomic E-state index is 0.116. The molecule has 0 fully saturated rings. The Kier molecular flexibility index (Phi) is 4.13. The van der Waals surface area contributed by atoms with Gasteiger partial charge in [0, 0.05) is 6.07 Å². The molecule has 1 rings (SSSR count). The van der Waals surface area contributed by atoms with Gasteiger partial charge in [0.1, 0.15) is 0 Å². The van der Waals surface area contributed by atoms with E-state index in [1.807, 2.05) is 0 Å². The van der Waals surface area contributed by atoms with Gasteiger partial charge in [0.05, 0.1) is 18.6 Å². The molecule has 1 aromatic heterocycles. The summed E-state index contributed by atoms with van der Waals surface area (Å²) in [6, 6.07) is 2.24. The number of pyridine rings is 1. The number of rotatable bonds is 5. The van der Waals surface area contributed by atoms with Crippen molar-refractivity contribution in [1.29, 1.82) is 0 Å². The molecule has 1 amide bonds. The number of carbonyl (C=O) groups excluding carboxylic acids is 2. The Bertz CT molecular complexity index is 502. The van der Waals surface area contributed by atoms with Gasteiger partial charge in [0.15, 0.2) is 5.69 Å². The maximum Gasteiger partial charge on any atom is 0.356 e. The zero-order valence-electron chi connectivity index (χ0n) is 9.37. The van der Waals surface area contributed by atoms with Crippen LogP contribution in [0.3, 0.4) is 0 Å². The van der Waals surface area contributed by atoms with Crippen LogP contribution in [-0.2, 0) is 9.53 Å². The summed E-state index contributed by atoms with van der Waals surface area (Å²) in [5.41, 5.74) is 4.41. The van der Waals surface area contributed by atoms with Gasteiger partial charge in [-0.2, -0.15) is 0 Å². The molecule has 0 aliphatic rings. The number of nitrogens with zero attached hydrogens (tertiary/aromatic N) is 2. The maximum absolute atomic E-state index is 11.2. The van der Waals surface area contributed by atoms with Crippen LogP contribution in [0.2, 0.25) is 0 Å². The number of primary amides is 1. The van der Waals surface area contributed by atoms with Gasteiger partial charge in [-0.1, -0.05) is 0 Å². The van der Waals surface area contributed by atoms with Crippen LogP contribution in [-0.4, -0.2) is 35.4 Å². The van der Waals surface area contributed by atoms with E-state index in [9.17, 15) is 19.7 Å². The molecular formula is C9H10N4O5. The Morgan fingerprint density at radius 2 is 2.22 bits per heavy atom. The molecule has 96 valence electrons. The zero-order valence-corrected chi connectivity index (χ0v) is 9.37. The van der Waals surface area contributed by atoms with Gasteiger partial charge >= 0.3 is 11.7 Å². The number of hydrogen-bond donors (Lipinski definition) is 2. The number of nitrogens with two attached hydrogens (primary N) is 1. The number of hydrogen-bond acceptors (Lipinski definition) is 7. The molecule has 0 saturated carbocycles. The average molecular weight is 254 g/mol. The first kappa shape index (κ1) is 13.4. The van der Waals surface area contributed by atoms with Crippen LogP contribution in [0.5, 0.6) is 0 Å². The van der Waals surface area contributed by atoms with Gasteiger partial charge in [-0.15, -0.1) is 0 Å². The van der Waals surface area contributed by atoms with Crippen LogP contribution < -0.4 is 11.1 Å². The number of aromatic nitrogens is 1. The topological polar surface area (TPSA) is 137 Å². The summed E-state index contributed by atoms with van der Waals surface area (Å²) in [5, 5.41) is 13.1. The second kappa shape index (κ2) is 5.57. The summed E-state index contributed by atoms with van der Waals surface area (Å²) >= 11 is 0. The predicted octanol–water partition coefficient (Wildman–Crippen LogP) is -0.326. The first-order valence-corrected chi connectivity index (χ1v) is 4.71. The third kappa shape index (κ3) is 3.14. The second-order valence-electron chi connectivity index (χ2n) is 3.13. The number of amides is 1. The van der Waals surface area contributed by atoms with Crippen LogP contribution in [0.1, 0.15) is 10.5 Å². The monoisotopic (exact) mass is 254 g/mol. The minimum atomic E-state index is -0.743. The molecule has 9 heteroatoms. The van der Waals surface area contributed by atoms with Crippen molar-refractivity contribution in [3.05, 3.63) is 27.9 Å². The lowest BCUT2D eigenvalue weighted by Crippen LogP contribution is -2.23. The summed E-state index contributed by atoms with van der Waals surface area (Å²) in [4.78, 5) is 35.5. The van der Waals surface area contributed by atoms with Gasteiger partial charge < -0.3 is 15.8 Å². The van der Waals surface area contributed by atoms with Crippen molar-refractivity contribution in [2.24, 2.45) is 5.73 Å². The minimum Gasteiger partial charge on any atom is -0.464 e. The summed E-state index contributed by atoms with van der Waals surface area (Å²) < 4.78 is 4.43. The number of ether oxygens (including phenoxy) is 1. The van der Waals surface area contributed by atoms with Gasteiger partial charge in [-0.3, -0.25) is 14.9 Å². The first-order valence-electron chi connectivity index (χ1n) is 4.71. The van der Waals surface area contributed by atoms with Crippen LogP contribution in [0, 0.1) is 10.1 Å².